The monoisotopic (exact) mass is 256 g/mol. The highest BCUT2D eigenvalue weighted by atomic mass is 16.5. The third-order valence-electron chi connectivity index (χ3n) is 4.14. The first kappa shape index (κ1) is 13.8. The zero-order valence-corrected chi connectivity index (χ0v) is 11.3. The summed E-state index contributed by atoms with van der Waals surface area (Å²) < 4.78 is 5.77. The minimum Gasteiger partial charge on any atom is -0.481 e. The molecule has 3 atom stereocenters. The summed E-state index contributed by atoms with van der Waals surface area (Å²) >= 11 is 0. The van der Waals surface area contributed by atoms with Crippen LogP contribution in [0.1, 0.15) is 13.8 Å². The van der Waals surface area contributed by atoms with Crippen molar-refractivity contribution >= 4 is 5.97 Å². The molecule has 1 unspecified atom stereocenters. The van der Waals surface area contributed by atoms with Gasteiger partial charge in [-0.3, -0.25) is 14.6 Å². The molecule has 5 heteroatoms. The molecule has 0 aliphatic carbocycles. The molecule has 2 saturated heterocycles. The summed E-state index contributed by atoms with van der Waals surface area (Å²) in [5.41, 5.74) is 0. The van der Waals surface area contributed by atoms with E-state index >= 15 is 0 Å². The Morgan fingerprint density at radius 3 is 2.72 bits per heavy atom. The first-order valence-electron chi connectivity index (χ1n) is 6.89. The van der Waals surface area contributed by atoms with Crippen molar-refractivity contribution in [1.29, 1.82) is 0 Å². The Morgan fingerprint density at radius 1 is 1.33 bits per heavy atom. The second-order valence-electron chi connectivity index (χ2n) is 5.53. The number of hydrogen-bond acceptors (Lipinski definition) is 4. The number of likely N-dealkylation sites (tertiary alicyclic amines) is 1. The molecule has 104 valence electrons. The van der Waals surface area contributed by atoms with E-state index in [4.69, 9.17) is 9.84 Å². The number of nitrogens with zero attached hydrogens (tertiary/aromatic N) is 2. The van der Waals surface area contributed by atoms with Gasteiger partial charge in [0.05, 0.1) is 18.6 Å². The van der Waals surface area contributed by atoms with Crippen molar-refractivity contribution in [3.63, 3.8) is 0 Å². The Bertz CT molecular complexity index is 298. The molecule has 2 rings (SSSR count). The predicted molar refractivity (Wildman–Crippen MR) is 68.6 cm³/mol. The van der Waals surface area contributed by atoms with Crippen molar-refractivity contribution < 1.29 is 14.6 Å². The summed E-state index contributed by atoms with van der Waals surface area (Å²) in [6.07, 6.45) is 0.235. The van der Waals surface area contributed by atoms with Crippen molar-refractivity contribution in [3.05, 3.63) is 0 Å². The summed E-state index contributed by atoms with van der Waals surface area (Å²) in [4.78, 5) is 15.7. The van der Waals surface area contributed by atoms with Crippen LogP contribution in [0.5, 0.6) is 0 Å². The fourth-order valence-corrected chi connectivity index (χ4v) is 3.00. The van der Waals surface area contributed by atoms with Gasteiger partial charge in [-0.05, 0) is 12.5 Å². The minimum atomic E-state index is -0.662. The highest BCUT2D eigenvalue weighted by molar-refractivity contribution is 5.71. The van der Waals surface area contributed by atoms with Crippen LogP contribution in [0.15, 0.2) is 0 Å². The van der Waals surface area contributed by atoms with E-state index < -0.39 is 5.97 Å². The van der Waals surface area contributed by atoms with Crippen LogP contribution in [0, 0.1) is 11.8 Å². The number of ether oxygens (including phenoxy) is 1. The molecule has 18 heavy (non-hydrogen) atoms. The van der Waals surface area contributed by atoms with E-state index in [1.807, 2.05) is 6.92 Å². The summed E-state index contributed by atoms with van der Waals surface area (Å²) in [5.74, 6) is -0.631. The number of rotatable bonds is 4. The van der Waals surface area contributed by atoms with Gasteiger partial charge in [-0.2, -0.15) is 0 Å². The zero-order valence-electron chi connectivity index (χ0n) is 11.3. The lowest BCUT2D eigenvalue weighted by atomic mass is 9.99. The third kappa shape index (κ3) is 3.22. The lowest BCUT2D eigenvalue weighted by Crippen LogP contribution is -2.47. The van der Waals surface area contributed by atoms with Crippen LogP contribution in [-0.4, -0.2) is 72.9 Å². The maximum atomic E-state index is 11.1. The predicted octanol–water partition coefficient (Wildman–Crippen LogP) is 0.360. The summed E-state index contributed by atoms with van der Waals surface area (Å²) in [5, 5.41) is 9.12. The molecular weight excluding hydrogens is 232 g/mol. The highest BCUT2D eigenvalue weighted by Crippen LogP contribution is 2.23. The summed E-state index contributed by atoms with van der Waals surface area (Å²) in [6.45, 7) is 10.5. The van der Waals surface area contributed by atoms with Gasteiger partial charge < -0.3 is 9.84 Å². The number of carboxylic acids is 1. The molecule has 2 heterocycles. The van der Waals surface area contributed by atoms with E-state index in [2.05, 4.69) is 16.7 Å². The smallest absolute Gasteiger partial charge is 0.308 e. The second kappa shape index (κ2) is 5.99. The van der Waals surface area contributed by atoms with Gasteiger partial charge in [-0.25, -0.2) is 0 Å². The van der Waals surface area contributed by atoms with E-state index in [9.17, 15) is 4.79 Å². The van der Waals surface area contributed by atoms with Gasteiger partial charge in [0.25, 0.3) is 0 Å². The standard InChI is InChI=1S/C13H24N2O3/c1-3-14-4-5-18-11(7-14)8-15-6-10(2)12(9-15)13(16)17/h10-12H,3-9H2,1-2H3,(H,16,17)/t10-,11?,12-/m1/s1. The Kier molecular flexibility index (Phi) is 4.59. The molecule has 2 aliphatic rings. The number of hydrogen-bond donors (Lipinski definition) is 1. The third-order valence-corrected chi connectivity index (χ3v) is 4.14. The Hall–Kier alpha value is -0.650. The Balaban J connectivity index is 1.82. The normalized spacial score (nSPS) is 34.9. The molecule has 0 aromatic rings. The van der Waals surface area contributed by atoms with Crippen LogP contribution >= 0.6 is 0 Å². The molecule has 0 amide bonds. The average Bonchev–Trinajstić information content (AvgIpc) is 2.70. The van der Waals surface area contributed by atoms with E-state index in [0.717, 1.165) is 39.3 Å². The second-order valence-corrected chi connectivity index (χ2v) is 5.53. The molecule has 1 N–H and O–H groups in total. The molecule has 0 bridgehead atoms. The molecule has 0 aromatic heterocycles. The van der Waals surface area contributed by atoms with E-state index in [1.54, 1.807) is 0 Å². The Labute approximate surface area is 109 Å². The van der Waals surface area contributed by atoms with Gasteiger partial charge in [-0.1, -0.05) is 13.8 Å². The Morgan fingerprint density at radius 2 is 2.11 bits per heavy atom. The maximum Gasteiger partial charge on any atom is 0.308 e. The van der Waals surface area contributed by atoms with Crippen LogP contribution in [-0.2, 0) is 9.53 Å². The molecule has 2 aliphatic heterocycles. The van der Waals surface area contributed by atoms with E-state index in [1.165, 1.54) is 0 Å². The van der Waals surface area contributed by atoms with E-state index in [-0.39, 0.29) is 17.9 Å². The van der Waals surface area contributed by atoms with Crippen LogP contribution in [0.25, 0.3) is 0 Å². The fraction of sp³-hybridized carbons (Fsp3) is 0.923. The minimum absolute atomic E-state index is 0.212. The quantitative estimate of drug-likeness (QED) is 0.787. The van der Waals surface area contributed by atoms with Crippen molar-refractivity contribution in [2.45, 2.75) is 20.0 Å². The van der Waals surface area contributed by atoms with Crippen LogP contribution < -0.4 is 0 Å². The van der Waals surface area contributed by atoms with E-state index in [0.29, 0.717) is 6.54 Å². The van der Waals surface area contributed by atoms with Gasteiger partial charge in [-0.15, -0.1) is 0 Å². The van der Waals surface area contributed by atoms with Crippen molar-refractivity contribution in [2.75, 3.05) is 45.9 Å². The molecule has 0 aromatic carbocycles. The average molecular weight is 256 g/mol. The SMILES string of the molecule is CCN1CCOC(CN2C[C@@H](C)[C@H](C(=O)O)C2)C1. The van der Waals surface area contributed by atoms with Gasteiger partial charge >= 0.3 is 5.97 Å². The molecule has 2 fully saturated rings. The number of morpholine rings is 1. The molecule has 0 saturated carbocycles. The first-order valence-corrected chi connectivity index (χ1v) is 6.89. The maximum absolute atomic E-state index is 11.1. The van der Waals surface area contributed by atoms with Gasteiger partial charge in [0.2, 0.25) is 0 Å². The number of likely N-dealkylation sites (N-methyl/N-ethyl adjacent to an activating group) is 1. The molecule has 5 nitrogen and oxygen atoms in total. The summed E-state index contributed by atoms with van der Waals surface area (Å²) in [7, 11) is 0. The lowest BCUT2D eigenvalue weighted by Gasteiger charge is -2.34. The van der Waals surface area contributed by atoms with Gasteiger partial charge in [0.15, 0.2) is 0 Å². The van der Waals surface area contributed by atoms with Crippen molar-refractivity contribution in [3.8, 4) is 0 Å². The molecule has 0 spiro atoms. The topological polar surface area (TPSA) is 53.0 Å². The largest absolute Gasteiger partial charge is 0.481 e. The summed E-state index contributed by atoms with van der Waals surface area (Å²) in [6, 6.07) is 0. The van der Waals surface area contributed by atoms with Crippen molar-refractivity contribution in [1.82, 2.24) is 9.80 Å². The van der Waals surface area contributed by atoms with Crippen molar-refractivity contribution in [2.24, 2.45) is 11.8 Å². The lowest BCUT2D eigenvalue weighted by molar-refractivity contribution is -0.142. The zero-order chi connectivity index (χ0) is 13.1. The van der Waals surface area contributed by atoms with Gasteiger partial charge in [0.1, 0.15) is 0 Å². The van der Waals surface area contributed by atoms with Crippen LogP contribution in [0.3, 0.4) is 0 Å². The fourth-order valence-electron chi connectivity index (χ4n) is 3.00. The molecule has 0 radical (unpaired) electrons. The number of carboxylic acid groups (broad SMARTS) is 1. The number of carbonyl (C=O) groups is 1. The van der Waals surface area contributed by atoms with Crippen LogP contribution in [0.2, 0.25) is 0 Å². The highest BCUT2D eigenvalue weighted by Gasteiger charge is 2.36. The first-order chi connectivity index (χ1) is 8.60. The molecular formula is C13H24N2O3. The number of aliphatic carboxylic acids is 1. The van der Waals surface area contributed by atoms with Gasteiger partial charge in [0, 0.05) is 32.7 Å². The van der Waals surface area contributed by atoms with Crippen LogP contribution in [0.4, 0.5) is 0 Å².